The first-order valence-electron chi connectivity index (χ1n) is 9.49. The van der Waals surface area contributed by atoms with E-state index in [-0.39, 0.29) is 0 Å². The fraction of sp³-hybridized carbons (Fsp3) is 0.450. The van der Waals surface area contributed by atoms with Crippen LogP contribution in [0.3, 0.4) is 0 Å². The number of thioether (sulfide) groups is 1. The molecule has 0 bridgehead atoms. The minimum Gasteiger partial charge on any atom is -0.361 e. The normalized spacial score (nSPS) is 15.3. The van der Waals surface area contributed by atoms with Crippen molar-refractivity contribution in [3.8, 4) is 5.69 Å². The Morgan fingerprint density at radius 1 is 1.04 bits per heavy atom. The quantitative estimate of drug-likeness (QED) is 0.596. The molecule has 7 heteroatoms. The number of aromatic nitrogens is 4. The van der Waals surface area contributed by atoms with Gasteiger partial charge in [-0.3, -0.25) is 9.47 Å². The van der Waals surface area contributed by atoms with Gasteiger partial charge >= 0.3 is 0 Å². The van der Waals surface area contributed by atoms with Gasteiger partial charge in [0.1, 0.15) is 5.76 Å². The Balaban J connectivity index is 1.60. The fourth-order valence-electron chi connectivity index (χ4n) is 3.49. The summed E-state index contributed by atoms with van der Waals surface area (Å²) in [6.45, 7) is 7.07. The van der Waals surface area contributed by atoms with Crippen LogP contribution in [0.1, 0.15) is 42.1 Å². The SMILES string of the molecule is Cc1noc(C)c1CSc1nnc(CN2CCCCC2)n1-c1ccccc1. The van der Waals surface area contributed by atoms with Gasteiger partial charge in [0.15, 0.2) is 11.0 Å². The molecule has 3 heterocycles. The molecule has 1 fully saturated rings. The van der Waals surface area contributed by atoms with Gasteiger partial charge in [-0.05, 0) is 51.9 Å². The lowest BCUT2D eigenvalue weighted by molar-refractivity contribution is 0.214. The first-order valence-corrected chi connectivity index (χ1v) is 10.5. The van der Waals surface area contributed by atoms with Crippen LogP contribution in [-0.2, 0) is 12.3 Å². The lowest BCUT2D eigenvalue weighted by Gasteiger charge is -2.26. The van der Waals surface area contributed by atoms with E-state index < -0.39 is 0 Å². The van der Waals surface area contributed by atoms with Crippen LogP contribution >= 0.6 is 11.8 Å². The summed E-state index contributed by atoms with van der Waals surface area (Å²) in [5, 5.41) is 14.0. The number of para-hydroxylation sites is 1. The number of likely N-dealkylation sites (tertiary alicyclic amines) is 1. The van der Waals surface area contributed by atoms with Gasteiger partial charge in [0.25, 0.3) is 0 Å². The molecule has 0 N–H and O–H groups in total. The summed E-state index contributed by atoms with van der Waals surface area (Å²) >= 11 is 1.68. The summed E-state index contributed by atoms with van der Waals surface area (Å²) in [5.41, 5.74) is 3.19. The number of piperidine rings is 1. The summed E-state index contributed by atoms with van der Waals surface area (Å²) in [6.07, 6.45) is 3.88. The zero-order valence-corrected chi connectivity index (χ0v) is 16.7. The third-order valence-corrected chi connectivity index (χ3v) is 6.01. The summed E-state index contributed by atoms with van der Waals surface area (Å²) in [4.78, 5) is 2.48. The van der Waals surface area contributed by atoms with E-state index in [1.165, 1.54) is 19.3 Å². The largest absolute Gasteiger partial charge is 0.361 e. The van der Waals surface area contributed by atoms with Crippen LogP contribution in [0.2, 0.25) is 0 Å². The van der Waals surface area contributed by atoms with Crippen LogP contribution in [0.5, 0.6) is 0 Å². The van der Waals surface area contributed by atoms with E-state index in [1.54, 1.807) is 11.8 Å². The maximum absolute atomic E-state index is 5.29. The molecule has 0 atom stereocenters. The lowest BCUT2D eigenvalue weighted by Crippen LogP contribution is -2.30. The topological polar surface area (TPSA) is 60.0 Å². The van der Waals surface area contributed by atoms with Crippen molar-refractivity contribution >= 4 is 11.8 Å². The summed E-state index contributed by atoms with van der Waals surface area (Å²) in [6, 6.07) is 10.4. The van der Waals surface area contributed by atoms with Crippen LogP contribution in [-0.4, -0.2) is 37.9 Å². The Morgan fingerprint density at radius 3 is 2.52 bits per heavy atom. The van der Waals surface area contributed by atoms with Crippen molar-refractivity contribution in [3.05, 3.63) is 53.2 Å². The molecule has 2 aromatic heterocycles. The molecular formula is C20H25N5OS. The Labute approximate surface area is 163 Å². The number of hydrogen-bond donors (Lipinski definition) is 0. The summed E-state index contributed by atoms with van der Waals surface area (Å²) < 4.78 is 7.48. The molecule has 3 aromatic rings. The zero-order chi connectivity index (χ0) is 18.6. The molecular weight excluding hydrogens is 358 g/mol. The van der Waals surface area contributed by atoms with Gasteiger partial charge in [-0.1, -0.05) is 41.5 Å². The van der Waals surface area contributed by atoms with Gasteiger partial charge in [0.05, 0.1) is 12.2 Å². The lowest BCUT2D eigenvalue weighted by atomic mass is 10.1. The number of nitrogens with zero attached hydrogens (tertiary/aromatic N) is 5. The van der Waals surface area contributed by atoms with Crippen LogP contribution in [0.25, 0.3) is 5.69 Å². The molecule has 142 valence electrons. The highest BCUT2D eigenvalue weighted by atomic mass is 32.2. The number of aryl methyl sites for hydroxylation is 2. The van der Waals surface area contributed by atoms with Crippen LogP contribution in [0, 0.1) is 13.8 Å². The smallest absolute Gasteiger partial charge is 0.196 e. The molecule has 27 heavy (non-hydrogen) atoms. The number of benzene rings is 1. The molecule has 1 saturated heterocycles. The van der Waals surface area contributed by atoms with Gasteiger partial charge in [0.2, 0.25) is 0 Å². The summed E-state index contributed by atoms with van der Waals surface area (Å²) in [7, 11) is 0. The standard InChI is InChI=1S/C20H25N5OS/c1-15-18(16(2)26-23-15)14-27-20-22-21-19(13-24-11-7-4-8-12-24)25(20)17-9-5-3-6-10-17/h3,5-6,9-10H,4,7-8,11-14H2,1-2H3. The molecule has 6 nitrogen and oxygen atoms in total. The maximum atomic E-state index is 5.29. The average molecular weight is 384 g/mol. The Hall–Kier alpha value is -2.12. The zero-order valence-electron chi connectivity index (χ0n) is 15.9. The first-order chi connectivity index (χ1) is 13.2. The minimum atomic E-state index is 0.774. The highest BCUT2D eigenvalue weighted by Crippen LogP contribution is 2.28. The van der Waals surface area contributed by atoms with E-state index >= 15 is 0 Å². The summed E-state index contributed by atoms with van der Waals surface area (Å²) in [5.74, 6) is 2.65. The van der Waals surface area contributed by atoms with Crippen LogP contribution in [0.4, 0.5) is 0 Å². The van der Waals surface area contributed by atoms with E-state index in [9.17, 15) is 0 Å². The van der Waals surface area contributed by atoms with E-state index in [0.717, 1.165) is 59.1 Å². The molecule has 0 saturated carbocycles. The Kier molecular flexibility index (Phi) is 5.59. The molecule has 0 unspecified atom stereocenters. The van der Waals surface area contributed by atoms with Crippen molar-refractivity contribution in [2.75, 3.05) is 13.1 Å². The second kappa shape index (κ2) is 8.27. The predicted octanol–water partition coefficient (Wildman–Crippen LogP) is 4.15. The van der Waals surface area contributed by atoms with E-state index in [0.29, 0.717) is 0 Å². The Morgan fingerprint density at radius 2 is 1.81 bits per heavy atom. The highest BCUT2D eigenvalue weighted by molar-refractivity contribution is 7.98. The molecule has 0 amide bonds. The third-order valence-electron chi connectivity index (χ3n) is 5.06. The second-order valence-electron chi connectivity index (χ2n) is 7.00. The monoisotopic (exact) mass is 383 g/mol. The highest BCUT2D eigenvalue weighted by Gasteiger charge is 2.19. The van der Waals surface area contributed by atoms with Crippen molar-refractivity contribution in [3.63, 3.8) is 0 Å². The molecule has 1 aliphatic rings. The van der Waals surface area contributed by atoms with Crippen LogP contribution in [0.15, 0.2) is 40.0 Å². The molecule has 0 spiro atoms. The van der Waals surface area contributed by atoms with Crippen molar-refractivity contribution < 1.29 is 4.52 Å². The number of rotatable bonds is 6. The predicted molar refractivity (Wildman–Crippen MR) is 106 cm³/mol. The molecule has 0 radical (unpaired) electrons. The van der Waals surface area contributed by atoms with Crippen molar-refractivity contribution in [1.82, 2.24) is 24.8 Å². The minimum absolute atomic E-state index is 0.774. The van der Waals surface area contributed by atoms with Crippen molar-refractivity contribution in [2.45, 2.75) is 50.6 Å². The van der Waals surface area contributed by atoms with Crippen molar-refractivity contribution in [1.29, 1.82) is 0 Å². The third kappa shape index (κ3) is 4.09. The maximum Gasteiger partial charge on any atom is 0.196 e. The van der Waals surface area contributed by atoms with E-state index in [4.69, 9.17) is 4.52 Å². The van der Waals surface area contributed by atoms with Crippen molar-refractivity contribution in [2.24, 2.45) is 0 Å². The van der Waals surface area contributed by atoms with Gasteiger partial charge in [-0.15, -0.1) is 10.2 Å². The molecule has 4 rings (SSSR count). The molecule has 0 aliphatic carbocycles. The molecule has 1 aromatic carbocycles. The second-order valence-corrected chi connectivity index (χ2v) is 7.94. The average Bonchev–Trinajstić information content (AvgIpc) is 3.24. The van der Waals surface area contributed by atoms with Gasteiger partial charge < -0.3 is 4.52 Å². The van der Waals surface area contributed by atoms with E-state index in [2.05, 4.69) is 49.1 Å². The van der Waals surface area contributed by atoms with Gasteiger partial charge in [-0.25, -0.2) is 0 Å². The molecule has 1 aliphatic heterocycles. The van der Waals surface area contributed by atoms with Gasteiger partial charge in [0, 0.05) is 17.0 Å². The Bertz CT molecular complexity index is 864. The van der Waals surface area contributed by atoms with Crippen LogP contribution < -0.4 is 0 Å². The van der Waals surface area contributed by atoms with E-state index in [1.807, 2.05) is 19.9 Å². The number of hydrogen-bond acceptors (Lipinski definition) is 6. The van der Waals surface area contributed by atoms with Gasteiger partial charge in [-0.2, -0.15) is 0 Å². The fourth-order valence-corrected chi connectivity index (χ4v) is 4.62. The first kappa shape index (κ1) is 18.3.